The van der Waals surface area contributed by atoms with Crippen LogP contribution in [-0.2, 0) is 0 Å². The zero-order valence-electron chi connectivity index (χ0n) is 14.1. The van der Waals surface area contributed by atoms with E-state index in [1.54, 1.807) is 0 Å². The summed E-state index contributed by atoms with van der Waals surface area (Å²) in [5, 5.41) is 9.23. The Balaban J connectivity index is 1.43. The number of ketones is 1. The minimum Gasteiger partial charge on any atom is -0.303 e. The third-order valence-electron chi connectivity index (χ3n) is 4.39. The van der Waals surface area contributed by atoms with Crippen molar-refractivity contribution in [3.63, 3.8) is 0 Å². The highest BCUT2D eigenvalue weighted by Crippen LogP contribution is 2.38. The van der Waals surface area contributed by atoms with E-state index in [-0.39, 0.29) is 5.78 Å². The summed E-state index contributed by atoms with van der Waals surface area (Å²) in [6.45, 7) is 1.97. The highest BCUT2D eigenvalue weighted by Gasteiger charge is 2.28. The Kier molecular flexibility index (Phi) is 4.40. The maximum absolute atomic E-state index is 12.5. The van der Waals surface area contributed by atoms with Gasteiger partial charge in [-0.3, -0.25) is 4.79 Å². The van der Waals surface area contributed by atoms with Crippen molar-refractivity contribution in [2.75, 3.05) is 5.75 Å². The molecule has 126 valence electrons. The van der Waals surface area contributed by atoms with Gasteiger partial charge in [0.1, 0.15) is 5.82 Å². The van der Waals surface area contributed by atoms with Gasteiger partial charge in [-0.15, -0.1) is 10.2 Å². The van der Waals surface area contributed by atoms with Gasteiger partial charge in [0, 0.05) is 11.6 Å². The van der Waals surface area contributed by atoms with E-state index in [4.69, 9.17) is 0 Å². The number of nitrogens with zero attached hydrogens (tertiary/aromatic N) is 3. The predicted molar refractivity (Wildman–Crippen MR) is 100.0 cm³/mol. The van der Waals surface area contributed by atoms with Crippen LogP contribution in [-0.4, -0.2) is 26.3 Å². The number of carbonyl (C=O) groups is 1. The maximum Gasteiger partial charge on any atom is 0.191 e. The van der Waals surface area contributed by atoms with Crippen LogP contribution < -0.4 is 0 Å². The van der Waals surface area contributed by atoms with Crippen molar-refractivity contribution >= 4 is 17.5 Å². The first-order valence-electron chi connectivity index (χ1n) is 8.45. The highest BCUT2D eigenvalue weighted by atomic mass is 32.2. The SMILES string of the molecule is Cc1nnc(SCC(=O)c2ccc(-c3ccccc3)cc2)n1C1CC1. The number of hydrogen-bond donors (Lipinski definition) is 0. The summed E-state index contributed by atoms with van der Waals surface area (Å²) < 4.78 is 2.16. The first kappa shape index (κ1) is 16.1. The highest BCUT2D eigenvalue weighted by molar-refractivity contribution is 7.99. The molecule has 0 spiro atoms. The zero-order valence-corrected chi connectivity index (χ0v) is 14.9. The van der Waals surface area contributed by atoms with Crippen LogP contribution >= 0.6 is 11.8 Å². The lowest BCUT2D eigenvalue weighted by atomic mass is 10.0. The van der Waals surface area contributed by atoms with E-state index in [0.29, 0.717) is 11.8 Å². The van der Waals surface area contributed by atoms with E-state index in [0.717, 1.165) is 27.7 Å². The van der Waals surface area contributed by atoms with E-state index in [9.17, 15) is 4.79 Å². The Morgan fingerprint density at radius 1 is 1.04 bits per heavy atom. The number of benzene rings is 2. The molecule has 0 amide bonds. The smallest absolute Gasteiger partial charge is 0.191 e. The Hall–Kier alpha value is -2.40. The van der Waals surface area contributed by atoms with Crippen LogP contribution in [0.4, 0.5) is 0 Å². The summed E-state index contributed by atoms with van der Waals surface area (Å²) >= 11 is 1.48. The van der Waals surface area contributed by atoms with Crippen molar-refractivity contribution < 1.29 is 4.79 Å². The molecule has 0 N–H and O–H groups in total. The fourth-order valence-electron chi connectivity index (χ4n) is 2.89. The normalized spacial score (nSPS) is 13.8. The molecule has 2 aromatic carbocycles. The van der Waals surface area contributed by atoms with Gasteiger partial charge in [-0.25, -0.2) is 0 Å². The second kappa shape index (κ2) is 6.84. The van der Waals surface area contributed by atoms with Gasteiger partial charge in [-0.2, -0.15) is 0 Å². The molecule has 1 heterocycles. The van der Waals surface area contributed by atoms with Crippen molar-refractivity contribution in [1.82, 2.24) is 14.8 Å². The van der Waals surface area contributed by atoms with E-state index in [2.05, 4.69) is 26.9 Å². The molecule has 0 saturated heterocycles. The van der Waals surface area contributed by atoms with E-state index >= 15 is 0 Å². The molecule has 0 aliphatic heterocycles. The Morgan fingerprint density at radius 2 is 1.72 bits per heavy atom. The summed E-state index contributed by atoms with van der Waals surface area (Å²) in [5.41, 5.74) is 3.01. The molecule has 5 heteroatoms. The lowest BCUT2D eigenvalue weighted by molar-refractivity contribution is 0.102. The maximum atomic E-state index is 12.5. The molecule has 1 aliphatic rings. The summed E-state index contributed by atoms with van der Waals surface area (Å²) in [7, 11) is 0. The number of aryl methyl sites for hydroxylation is 1. The Labute approximate surface area is 151 Å². The molecule has 1 saturated carbocycles. The average molecular weight is 349 g/mol. The second-order valence-corrected chi connectivity index (χ2v) is 7.23. The van der Waals surface area contributed by atoms with Gasteiger partial charge < -0.3 is 4.57 Å². The topological polar surface area (TPSA) is 47.8 Å². The molecule has 4 nitrogen and oxygen atoms in total. The van der Waals surface area contributed by atoms with Crippen LogP contribution in [0.2, 0.25) is 0 Å². The Bertz CT molecular complexity index is 883. The van der Waals surface area contributed by atoms with Gasteiger partial charge in [-0.1, -0.05) is 66.4 Å². The summed E-state index contributed by atoms with van der Waals surface area (Å²) in [4.78, 5) is 12.5. The molecule has 1 aliphatic carbocycles. The van der Waals surface area contributed by atoms with Crippen molar-refractivity contribution in [3.8, 4) is 11.1 Å². The molecule has 25 heavy (non-hydrogen) atoms. The van der Waals surface area contributed by atoms with E-state index in [1.807, 2.05) is 49.4 Å². The molecular formula is C20H19N3OS. The van der Waals surface area contributed by atoms with Gasteiger partial charge in [-0.05, 0) is 30.9 Å². The summed E-state index contributed by atoms with van der Waals surface area (Å²) in [6.07, 6.45) is 2.36. The fourth-order valence-corrected chi connectivity index (χ4v) is 3.84. The summed E-state index contributed by atoms with van der Waals surface area (Å²) in [5.74, 6) is 1.44. The van der Waals surface area contributed by atoms with Gasteiger partial charge in [0.25, 0.3) is 0 Å². The molecule has 0 bridgehead atoms. The molecule has 0 unspecified atom stereocenters. The van der Waals surface area contributed by atoms with Crippen LogP contribution in [0, 0.1) is 6.92 Å². The number of aromatic nitrogens is 3. The minimum atomic E-state index is 0.118. The molecule has 3 aromatic rings. The lowest BCUT2D eigenvalue weighted by Crippen LogP contribution is -2.05. The fraction of sp³-hybridized carbons (Fsp3) is 0.250. The average Bonchev–Trinajstić information content (AvgIpc) is 3.43. The molecule has 0 radical (unpaired) electrons. The summed E-state index contributed by atoms with van der Waals surface area (Å²) in [6, 6.07) is 18.5. The largest absolute Gasteiger partial charge is 0.303 e. The third-order valence-corrected chi connectivity index (χ3v) is 5.34. The molecule has 4 rings (SSSR count). The quantitative estimate of drug-likeness (QED) is 0.483. The molecule has 1 fully saturated rings. The number of Topliss-reactive ketones (excluding diaryl/α,β-unsaturated/α-hetero) is 1. The van der Waals surface area contributed by atoms with Crippen molar-refractivity contribution in [2.45, 2.75) is 31.0 Å². The Morgan fingerprint density at radius 3 is 2.40 bits per heavy atom. The number of rotatable bonds is 6. The predicted octanol–water partition coefficient (Wildman–Crippen LogP) is 4.56. The van der Waals surface area contributed by atoms with Crippen molar-refractivity contribution in [3.05, 3.63) is 66.0 Å². The number of hydrogen-bond acceptors (Lipinski definition) is 4. The van der Waals surface area contributed by atoms with Crippen molar-refractivity contribution in [1.29, 1.82) is 0 Å². The monoisotopic (exact) mass is 349 g/mol. The van der Waals surface area contributed by atoms with E-state index in [1.165, 1.54) is 24.6 Å². The third kappa shape index (κ3) is 3.51. The van der Waals surface area contributed by atoms with Crippen LogP contribution in [0.5, 0.6) is 0 Å². The standard InChI is InChI=1S/C20H19N3OS/c1-14-21-22-20(23(14)18-11-12-18)25-13-19(24)17-9-7-16(8-10-17)15-5-3-2-4-6-15/h2-10,18H,11-13H2,1H3. The zero-order chi connectivity index (χ0) is 17.2. The molecule has 0 atom stereocenters. The van der Waals surface area contributed by atoms with Crippen LogP contribution in [0.25, 0.3) is 11.1 Å². The lowest BCUT2D eigenvalue weighted by Gasteiger charge is -2.06. The molecule has 1 aromatic heterocycles. The van der Waals surface area contributed by atoms with Crippen LogP contribution in [0.15, 0.2) is 59.8 Å². The van der Waals surface area contributed by atoms with Gasteiger partial charge in [0.05, 0.1) is 5.75 Å². The van der Waals surface area contributed by atoms with Crippen LogP contribution in [0.3, 0.4) is 0 Å². The van der Waals surface area contributed by atoms with Crippen molar-refractivity contribution in [2.24, 2.45) is 0 Å². The van der Waals surface area contributed by atoms with Gasteiger partial charge in [0.15, 0.2) is 10.9 Å². The number of carbonyl (C=O) groups excluding carboxylic acids is 1. The van der Waals surface area contributed by atoms with Gasteiger partial charge >= 0.3 is 0 Å². The molecular weight excluding hydrogens is 330 g/mol. The second-order valence-electron chi connectivity index (χ2n) is 6.29. The number of thioether (sulfide) groups is 1. The van der Waals surface area contributed by atoms with E-state index < -0.39 is 0 Å². The van der Waals surface area contributed by atoms with Crippen LogP contribution in [0.1, 0.15) is 35.1 Å². The first-order chi connectivity index (χ1) is 12.2. The van der Waals surface area contributed by atoms with Gasteiger partial charge in [0.2, 0.25) is 0 Å². The first-order valence-corrected chi connectivity index (χ1v) is 9.44. The minimum absolute atomic E-state index is 0.118.